The van der Waals surface area contributed by atoms with E-state index >= 15 is 0 Å². The number of carbonyl (C=O) groups excluding carboxylic acids is 2. The van der Waals surface area contributed by atoms with E-state index in [1.54, 1.807) is 24.3 Å². The number of hydrogen-bond acceptors (Lipinski definition) is 3. The molecule has 1 amide bonds. The van der Waals surface area contributed by atoms with Gasteiger partial charge in [0, 0.05) is 11.8 Å². The third-order valence-electron chi connectivity index (χ3n) is 4.10. The molecule has 1 aliphatic rings. The van der Waals surface area contributed by atoms with Gasteiger partial charge in [-0.15, -0.1) is 0 Å². The molecule has 1 aromatic carbocycles. The van der Waals surface area contributed by atoms with E-state index < -0.39 is 5.97 Å². The number of ether oxygens (including phenoxy) is 1. The fraction of sp³-hybridized carbons (Fsp3) is 0.529. The first-order valence-corrected chi connectivity index (χ1v) is 7.80. The Labute approximate surface area is 131 Å². The molecule has 0 bridgehead atoms. The molecule has 0 aromatic heterocycles. The Bertz CT molecular complexity index is 534. The first-order valence-electron chi connectivity index (χ1n) is 7.80. The summed E-state index contributed by atoms with van der Waals surface area (Å²) in [5.74, 6) is 0.791. The number of para-hydroxylation sites is 1. The number of hydrogen-bond donors (Lipinski definition) is 2. The minimum Gasteiger partial charge on any atom is -0.465 e. The van der Waals surface area contributed by atoms with Crippen LogP contribution in [0.5, 0.6) is 0 Å². The smallest absolute Gasteiger partial charge is 0.339 e. The van der Waals surface area contributed by atoms with Gasteiger partial charge in [-0.05, 0) is 18.6 Å². The molecule has 1 aromatic rings. The summed E-state index contributed by atoms with van der Waals surface area (Å²) in [6.45, 7) is 6.96. The fourth-order valence-corrected chi connectivity index (χ4v) is 3.37. The average molecular weight is 305 g/mol. The number of amides is 1. The molecule has 5 nitrogen and oxygen atoms in total. The Morgan fingerprint density at radius 1 is 1.23 bits per heavy atom. The van der Waals surface area contributed by atoms with Crippen molar-refractivity contribution in [3.05, 3.63) is 29.8 Å². The molecule has 2 rings (SSSR count). The molecule has 0 aliphatic carbocycles. The van der Waals surface area contributed by atoms with Crippen molar-refractivity contribution >= 4 is 17.6 Å². The zero-order valence-corrected chi connectivity index (χ0v) is 13.5. The van der Waals surface area contributed by atoms with Crippen molar-refractivity contribution in [2.24, 2.45) is 11.8 Å². The monoisotopic (exact) mass is 305 g/mol. The van der Waals surface area contributed by atoms with Gasteiger partial charge in [0.15, 0.2) is 6.54 Å². The van der Waals surface area contributed by atoms with Crippen molar-refractivity contribution in [3.63, 3.8) is 0 Å². The topological polar surface area (TPSA) is 59.8 Å². The molecule has 0 radical (unpaired) electrons. The quantitative estimate of drug-likeness (QED) is 0.815. The molecular formula is C17H25N2O3+. The number of piperidine rings is 1. The number of quaternary nitrogens is 1. The van der Waals surface area contributed by atoms with E-state index in [2.05, 4.69) is 19.2 Å². The summed E-state index contributed by atoms with van der Waals surface area (Å²) in [7, 11) is 1.33. The van der Waals surface area contributed by atoms with Crippen LogP contribution in [0.15, 0.2) is 24.3 Å². The lowest BCUT2D eigenvalue weighted by atomic mass is 9.92. The van der Waals surface area contributed by atoms with E-state index in [0.717, 1.165) is 13.1 Å². The second-order valence-corrected chi connectivity index (χ2v) is 6.37. The molecule has 3 atom stereocenters. The van der Waals surface area contributed by atoms with Crippen LogP contribution in [-0.2, 0) is 9.53 Å². The summed E-state index contributed by atoms with van der Waals surface area (Å²) in [5, 5.41) is 2.84. The number of benzene rings is 1. The van der Waals surface area contributed by atoms with Gasteiger partial charge in [0.25, 0.3) is 5.91 Å². The van der Waals surface area contributed by atoms with Crippen LogP contribution in [0.25, 0.3) is 0 Å². The van der Waals surface area contributed by atoms with Crippen molar-refractivity contribution in [2.45, 2.75) is 20.3 Å². The number of rotatable bonds is 4. The summed E-state index contributed by atoms with van der Waals surface area (Å²) in [5.41, 5.74) is 0.894. The molecule has 1 aliphatic heterocycles. The number of methoxy groups -OCH3 is 1. The molecule has 2 N–H and O–H groups in total. The molecule has 5 heteroatoms. The Kier molecular flexibility index (Phi) is 5.55. The number of likely N-dealkylation sites (tertiary alicyclic amines) is 1. The first kappa shape index (κ1) is 16.5. The van der Waals surface area contributed by atoms with E-state index in [0.29, 0.717) is 29.6 Å². The SMILES string of the molecule is COC(=O)c1ccccc1NC(=O)C[NH+]1C[C@H](C)C[C@H](C)C1. The predicted octanol–water partition coefficient (Wildman–Crippen LogP) is 0.972. The maximum atomic E-state index is 12.3. The maximum absolute atomic E-state index is 12.3. The third-order valence-corrected chi connectivity index (χ3v) is 4.10. The minimum atomic E-state index is -0.441. The molecule has 22 heavy (non-hydrogen) atoms. The Balaban J connectivity index is 1.99. The van der Waals surface area contributed by atoms with Crippen molar-refractivity contribution in [2.75, 3.05) is 32.1 Å². The molecule has 120 valence electrons. The molecule has 1 fully saturated rings. The van der Waals surface area contributed by atoms with E-state index in [4.69, 9.17) is 4.74 Å². The second kappa shape index (κ2) is 7.40. The Morgan fingerprint density at radius 2 is 1.86 bits per heavy atom. The lowest BCUT2D eigenvalue weighted by Crippen LogP contribution is -3.15. The predicted molar refractivity (Wildman–Crippen MR) is 84.9 cm³/mol. The summed E-state index contributed by atoms with van der Waals surface area (Å²) in [4.78, 5) is 25.3. The van der Waals surface area contributed by atoms with Gasteiger partial charge in [-0.3, -0.25) is 4.79 Å². The highest BCUT2D eigenvalue weighted by Crippen LogP contribution is 2.16. The van der Waals surface area contributed by atoms with Gasteiger partial charge in [0.05, 0.1) is 31.5 Å². The van der Waals surface area contributed by atoms with Crippen LogP contribution in [0.1, 0.15) is 30.6 Å². The highest BCUT2D eigenvalue weighted by molar-refractivity contribution is 6.01. The standard InChI is InChI=1S/C17H24N2O3/c1-12-8-13(2)10-19(9-12)11-16(20)18-15-7-5-4-6-14(15)17(21)22-3/h4-7,12-13H,8-11H2,1-3H3,(H,18,20)/p+1/t12-,13+. The van der Waals surface area contributed by atoms with Crippen molar-refractivity contribution in [1.29, 1.82) is 0 Å². The van der Waals surface area contributed by atoms with Crippen LogP contribution in [0.4, 0.5) is 5.69 Å². The number of nitrogens with one attached hydrogen (secondary N) is 2. The van der Waals surface area contributed by atoms with E-state index in [1.807, 2.05) is 0 Å². The Morgan fingerprint density at radius 3 is 2.50 bits per heavy atom. The van der Waals surface area contributed by atoms with Crippen molar-refractivity contribution in [3.8, 4) is 0 Å². The van der Waals surface area contributed by atoms with Gasteiger partial charge in [0.2, 0.25) is 0 Å². The summed E-state index contributed by atoms with van der Waals surface area (Å²) in [6, 6.07) is 6.92. The minimum absolute atomic E-state index is 0.0624. The number of anilines is 1. The zero-order chi connectivity index (χ0) is 16.1. The highest BCUT2D eigenvalue weighted by Gasteiger charge is 2.27. The molecule has 1 saturated heterocycles. The van der Waals surface area contributed by atoms with Crippen molar-refractivity contribution < 1.29 is 19.2 Å². The number of carbonyl (C=O) groups is 2. The van der Waals surface area contributed by atoms with Crippen LogP contribution in [0.3, 0.4) is 0 Å². The van der Waals surface area contributed by atoms with Gasteiger partial charge in [-0.1, -0.05) is 26.0 Å². The lowest BCUT2D eigenvalue weighted by Gasteiger charge is -2.31. The second-order valence-electron chi connectivity index (χ2n) is 6.37. The van der Waals surface area contributed by atoms with Gasteiger partial charge < -0.3 is 15.0 Å². The average Bonchev–Trinajstić information content (AvgIpc) is 2.45. The normalized spacial score (nSPS) is 24.6. The van der Waals surface area contributed by atoms with Crippen LogP contribution in [0.2, 0.25) is 0 Å². The van der Waals surface area contributed by atoms with Crippen LogP contribution >= 0.6 is 0 Å². The lowest BCUT2D eigenvalue weighted by molar-refractivity contribution is -0.904. The molecule has 0 saturated carbocycles. The van der Waals surface area contributed by atoms with Gasteiger partial charge >= 0.3 is 5.97 Å². The van der Waals surface area contributed by atoms with Crippen molar-refractivity contribution in [1.82, 2.24) is 0 Å². The highest BCUT2D eigenvalue weighted by atomic mass is 16.5. The zero-order valence-electron chi connectivity index (χ0n) is 13.5. The fourth-order valence-electron chi connectivity index (χ4n) is 3.37. The first-order chi connectivity index (χ1) is 10.5. The van der Waals surface area contributed by atoms with E-state index in [-0.39, 0.29) is 5.91 Å². The van der Waals surface area contributed by atoms with Crippen LogP contribution in [-0.4, -0.2) is 38.6 Å². The molecule has 1 heterocycles. The summed E-state index contributed by atoms with van der Waals surface area (Å²) < 4.78 is 4.74. The van der Waals surface area contributed by atoms with Gasteiger partial charge in [0.1, 0.15) is 0 Å². The van der Waals surface area contributed by atoms with Gasteiger partial charge in [-0.25, -0.2) is 4.79 Å². The van der Waals surface area contributed by atoms with Crippen LogP contribution < -0.4 is 10.2 Å². The van der Waals surface area contributed by atoms with E-state index in [1.165, 1.54) is 18.4 Å². The largest absolute Gasteiger partial charge is 0.465 e. The molecular weight excluding hydrogens is 280 g/mol. The summed E-state index contributed by atoms with van der Waals surface area (Å²) in [6.07, 6.45) is 1.23. The van der Waals surface area contributed by atoms with Crippen LogP contribution in [0, 0.1) is 11.8 Å². The summed E-state index contributed by atoms with van der Waals surface area (Å²) >= 11 is 0. The van der Waals surface area contributed by atoms with Gasteiger partial charge in [-0.2, -0.15) is 0 Å². The molecule has 0 spiro atoms. The number of esters is 1. The van der Waals surface area contributed by atoms with E-state index in [9.17, 15) is 9.59 Å². The molecule has 1 unspecified atom stereocenters. The Hall–Kier alpha value is -1.88. The third kappa shape index (κ3) is 4.31. The maximum Gasteiger partial charge on any atom is 0.339 e.